The first-order valence-corrected chi connectivity index (χ1v) is 6.32. The van der Waals surface area contributed by atoms with E-state index in [0.29, 0.717) is 5.75 Å². The van der Waals surface area contributed by atoms with Gasteiger partial charge in [0.25, 0.3) is 0 Å². The molecule has 1 rings (SSSR count). The van der Waals surface area contributed by atoms with Gasteiger partial charge in [-0.05, 0) is 50.8 Å². The highest BCUT2D eigenvalue weighted by atomic mass is 16.3. The topological polar surface area (TPSA) is 40.5 Å². The summed E-state index contributed by atoms with van der Waals surface area (Å²) in [7, 11) is 0. The van der Waals surface area contributed by atoms with Gasteiger partial charge in [-0.25, -0.2) is 0 Å². The number of allylic oxidation sites excluding steroid dienone is 3. The van der Waals surface area contributed by atoms with Crippen LogP contribution < -0.4 is 0 Å². The molecule has 98 valence electrons. The normalized spacial score (nSPS) is 12.8. The maximum atomic E-state index is 9.38. The molecule has 0 atom stereocenters. The molecular formula is C16H22O2. The van der Waals surface area contributed by atoms with Crippen LogP contribution in [0.3, 0.4) is 0 Å². The molecule has 0 fully saturated rings. The minimum atomic E-state index is 0.123. The van der Waals surface area contributed by atoms with Crippen LogP contribution in [-0.2, 0) is 6.42 Å². The predicted molar refractivity (Wildman–Crippen MR) is 75.6 cm³/mol. The molecule has 2 heteroatoms. The first-order chi connectivity index (χ1) is 8.61. The van der Waals surface area contributed by atoms with Gasteiger partial charge >= 0.3 is 0 Å². The van der Waals surface area contributed by atoms with Gasteiger partial charge in [-0.2, -0.15) is 0 Å². The van der Waals surface area contributed by atoms with E-state index in [2.05, 4.69) is 13.0 Å². The average molecular weight is 246 g/mol. The summed E-state index contributed by atoms with van der Waals surface area (Å²) in [6.45, 7) is 4.27. The van der Waals surface area contributed by atoms with Crippen molar-refractivity contribution in [2.24, 2.45) is 0 Å². The summed E-state index contributed by atoms with van der Waals surface area (Å²) in [5.41, 5.74) is 3.66. The molecule has 0 aliphatic carbocycles. The zero-order valence-corrected chi connectivity index (χ0v) is 11.2. The maximum Gasteiger partial charge on any atom is 0.115 e. The number of aliphatic hydroxyl groups is 1. The third-order valence-electron chi connectivity index (χ3n) is 2.86. The summed E-state index contributed by atoms with van der Waals surface area (Å²) in [5.74, 6) is 0.321. The molecule has 0 aliphatic rings. The van der Waals surface area contributed by atoms with Crippen LogP contribution in [0.1, 0.15) is 32.3 Å². The molecule has 0 bridgehead atoms. The maximum absolute atomic E-state index is 9.38. The first-order valence-electron chi connectivity index (χ1n) is 6.32. The van der Waals surface area contributed by atoms with Gasteiger partial charge in [-0.3, -0.25) is 0 Å². The fourth-order valence-electron chi connectivity index (χ4n) is 1.86. The number of aliphatic hydroxyl groups excluding tert-OH is 1. The molecule has 2 nitrogen and oxygen atoms in total. The van der Waals surface area contributed by atoms with Crippen LogP contribution in [-0.4, -0.2) is 16.8 Å². The van der Waals surface area contributed by atoms with Gasteiger partial charge < -0.3 is 10.2 Å². The number of aromatic hydroxyl groups is 1. The van der Waals surface area contributed by atoms with Crippen molar-refractivity contribution in [3.63, 3.8) is 0 Å². The predicted octanol–water partition coefficient (Wildman–Crippen LogP) is 3.60. The minimum Gasteiger partial charge on any atom is -0.508 e. The Bertz CT molecular complexity index is 430. The summed E-state index contributed by atoms with van der Waals surface area (Å²) < 4.78 is 0. The molecule has 0 saturated carbocycles. The second-order valence-corrected chi connectivity index (χ2v) is 4.67. The Balaban J connectivity index is 2.45. The summed E-state index contributed by atoms with van der Waals surface area (Å²) in [6.07, 6.45) is 6.92. The fraction of sp³-hybridized carbons (Fsp3) is 0.375. The molecule has 1 aromatic carbocycles. The standard InChI is InChI=1S/C16H22O2/c1-13(9-10-17)5-3-6-14(2)11-15-7-4-8-16(18)12-15/h4,6-9,12,17-18H,3,5,10-11H2,1-2H3/b13-9+,14-6+. The van der Waals surface area contributed by atoms with Crippen molar-refractivity contribution in [2.45, 2.75) is 33.1 Å². The van der Waals surface area contributed by atoms with Crippen LogP contribution in [0, 0.1) is 0 Å². The molecule has 1 aromatic rings. The summed E-state index contributed by atoms with van der Waals surface area (Å²) in [5, 5.41) is 18.1. The van der Waals surface area contributed by atoms with E-state index < -0.39 is 0 Å². The van der Waals surface area contributed by atoms with E-state index in [1.165, 1.54) is 11.1 Å². The molecule has 0 aliphatic heterocycles. The number of rotatable bonds is 6. The van der Waals surface area contributed by atoms with Crippen molar-refractivity contribution < 1.29 is 10.2 Å². The number of hydrogen-bond acceptors (Lipinski definition) is 2. The third kappa shape index (κ3) is 5.69. The zero-order chi connectivity index (χ0) is 13.4. The highest BCUT2D eigenvalue weighted by Gasteiger charge is 1.96. The Kier molecular flexibility index (Phi) is 6.23. The Labute approximate surface area is 109 Å². The van der Waals surface area contributed by atoms with Gasteiger partial charge in [0.15, 0.2) is 0 Å². The molecule has 0 amide bonds. The second-order valence-electron chi connectivity index (χ2n) is 4.67. The molecule has 0 saturated heterocycles. The number of hydrogen-bond donors (Lipinski definition) is 2. The Morgan fingerprint density at radius 1 is 1.17 bits per heavy atom. The monoisotopic (exact) mass is 246 g/mol. The van der Waals surface area contributed by atoms with E-state index in [1.807, 2.05) is 25.1 Å². The SMILES string of the molecule is C/C(=C\CO)CC/C=C(\C)Cc1cccc(O)c1. The minimum absolute atomic E-state index is 0.123. The second kappa shape index (κ2) is 7.72. The van der Waals surface area contributed by atoms with E-state index in [9.17, 15) is 5.11 Å². The van der Waals surface area contributed by atoms with Crippen LogP contribution in [0.2, 0.25) is 0 Å². The van der Waals surface area contributed by atoms with Crippen LogP contribution in [0.25, 0.3) is 0 Å². The van der Waals surface area contributed by atoms with Crippen molar-refractivity contribution in [1.29, 1.82) is 0 Å². The third-order valence-corrected chi connectivity index (χ3v) is 2.86. The number of benzene rings is 1. The van der Waals surface area contributed by atoms with E-state index in [4.69, 9.17) is 5.11 Å². The molecule has 18 heavy (non-hydrogen) atoms. The van der Waals surface area contributed by atoms with Gasteiger partial charge in [-0.1, -0.05) is 35.4 Å². The summed E-state index contributed by atoms with van der Waals surface area (Å²) >= 11 is 0. The van der Waals surface area contributed by atoms with E-state index >= 15 is 0 Å². The molecule has 0 unspecified atom stereocenters. The molecule has 0 radical (unpaired) electrons. The summed E-state index contributed by atoms with van der Waals surface area (Å²) in [6, 6.07) is 7.37. The van der Waals surface area contributed by atoms with Gasteiger partial charge in [0, 0.05) is 0 Å². The van der Waals surface area contributed by atoms with Crippen LogP contribution in [0.5, 0.6) is 5.75 Å². The van der Waals surface area contributed by atoms with Crippen LogP contribution in [0.15, 0.2) is 47.6 Å². The Morgan fingerprint density at radius 3 is 2.61 bits per heavy atom. The summed E-state index contributed by atoms with van der Waals surface area (Å²) in [4.78, 5) is 0. The van der Waals surface area contributed by atoms with Crippen molar-refractivity contribution in [2.75, 3.05) is 6.61 Å². The highest BCUT2D eigenvalue weighted by Crippen LogP contribution is 2.15. The van der Waals surface area contributed by atoms with Crippen molar-refractivity contribution in [1.82, 2.24) is 0 Å². The first kappa shape index (κ1) is 14.5. The molecule has 0 spiro atoms. The van der Waals surface area contributed by atoms with Gasteiger partial charge in [0.2, 0.25) is 0 Å². The lowest BCUT2D eigenvalue weighted by atomic mass is 10.0. The lowest BCUT2D eigenvalue weighted by molar-refractivity contribution is 0.341. The largest absolute Gasteiger partial charge is 0.508 e. The van der Waals surface area contributed by atoms with Crippen LogP contribution >= 0.6 is 0 Å². The van der Waals surface area contributed by atoms with E-state index in [1.54, 1.807) is 12.1 Å². The van der Waals surface area contributed by atoms with E-state index in [-0.39, 0.29) is 6.61 Å². The highest BCUT2D eigenvalue weighted by molar-refractivity contribution is 5.29. The van der Waals surface area contributed by atoms with Gasteiger partial charge in [0.1, 0.15) is 5.75 Å². The number of phenols is 1. The van der Waals surface area contributed by atoms with Crippen molar-refractivity contribution >= 4 is 0 Å². The fourth-order valence-corrected chi connectivity index (χ4v) is 1.86. The molecule has 2 N–H and O–H groups in total. The number of phenolic OH excluding ortho intramolecular Hbond substituents is 1. The van der Waals surface area contributed by atoms with Crippen LogP contribution in [0.4, 0.5) is 0 Å². The smallest absolute Gasteiger partial charge is 0.115 e. The molecular weight excluding hydrogens is 224 g/mol. The Hall–Kier alpha value is -1.54. The Morgan fingerprint density at radius 2 is 1.94 bits per heavy atom. The molecule has 0 aromatic heterocycles. The lowest BCUT2D eigenvalue weighted by Crippen LogP contribution is -1.87. The van der Waals surface area contributed by atoms with Crippen molar-refractivity contribution in [3.05, 3.63) is 53.1 Å². The average Bonchev–Trinajstić information content (AvgIpc) is 2.29. The van der Waals surface area contributed by atoms with E-state index in [0.717, 1.165) is 24.8 Å². The zero-order valence-electron chi connectivity index (χ0n) is 11.2. The quantitative estimate of drug-likeness (QED) is 0.753. The molecule has 0 heterocycles. The lowest BCUT2D eigenvalue weighted by Gasteiger charge is -2.03. The van der Waals surface area contributed by atoms with Gasteiger partial charge in [-0.15, -0.1) is 0 Å². The van der Waals surface area contributed by atoms with Gasteiger partial charge in [0.05, 0.1) is 6.61 Å². The van der Waals surface area contributed by atoms with Crippen molar-refractivity contribution in [3.8, 4) is 5.75 Å².